The number of nitro groups is 1. The van der Waals surface area contributed by atoms with Gasteiger partial charge in [0.25, 0.3) is 11.6 Å². The van der Waals surface area contributed by atoms with Crippen molar-refractivity contribution in [3.05, 3.63) is 63.7 Å². The van der Waals surface area contributed by atoms with Crippen LogP contribution in [-0.2, 0) is 21.3 Å². The van der Waals surface area contributed by atoms with E-state index in [1.807, 2.05) is 6.07 Å². The molecule has 0 saturated carbocycles. The maximum absolute atomic E-state index is 12.5. The smallest absolute Gasteiger partial charge is 0.286 e. The quantitative estimate of drug-likeness (QED) is 0.256. The molecule has 0 aliphatic heterocycles. The molecule has 2 rings (SSSR count). The summed E-state index contributed by atoms with van der Waals surface area (Å²) in [5.74, 6) is -1.000. The summed E-state index contributed by atoms with van der Waals surface area (Å²) in [5.41, 5.74) is 0.0111. The Hall–Kier alpha value is -3.22. The predicted octanol–water partition coefficient (Wildman–Crippen LogP) is 1.48. The lowest BCUT2D eigenvalue weighted by Crippen LogP contribution is -2.34. The lowest BCUT2D eigenvalue weighted by atomic mass is 10.1. The first-order valence-corrected chi connectivity index (χ1v) is 11.2. The zero-order valence-electron chi connectivity index (χ0n) is 17.7. The van der Waals surface area contributed by atoms with E-state index in [1.54, 1.807) is 24.3 Å². The molecule has 0 aromatic heterocycles. The number of hydrogen-bond acceptors (Lipinski definition) is 8. The predicted molar refractivity (Wildman–Crippen MR) is 116 cm³/mol. The van der Waals surface area contributed by atoms with Gasteiger partial charge < -0.3 is 19.5 Å². The third kappa shape index (κ3) is 7.48. The first-order chi connectivity index (χ1) is 15.3. The van der Waals surface area contributed by atoms with E-state index in [1.165, 1.54) is 20.3 Å². The molecular weight excluding hydrogens is 442 g/mol. The van der Waals surface area contributed by atoms with Gasteiger partial charge in [-0.25, -0.2) is 13.1 Å². The van der Waals surface area contributed by atoms with Gasteiger partial charge in [-0.3, -0.25) is 14.9 Å². The van der Waals surface area contributed by atoms with Gasteiger partial charge in [-0.15, -0.1) is 0 Å². The van der Waals surface area contributed by atoms with Crippen LogP contribution in [0.4, 0.5) is 5.69 Å². The number of carbonyl (C=O) groups excluding carboxylic acids is 1. The zero-order chi connectivity index (χ0) is 23.6. The number of carbonyl (C=O) groups is 1. The fourth-order valence-electron chi connectivity index (χ4n) is 2.64. The van der Waals surface area contributed by atoms with Crippen LogP contribution in [0.1, 0.15) is 15.9 Å². The summed E-state index contributed by atoms with van der Waals surface area (Å²) in [5, 5.41) is 13.9. The number of rotatable bonds is 13. The van der Waals surface area contributed by atoms with Gasteiger partial charge in [-0.05, 0) is 5.56 Å². The monoisotopic (exact) mass is 467 g/mol. The summed E-state index contributed by atoms with van der Waals surface area (Å²) >= 11 is 0. The number of sulfonamides is 1. The standard InChI is InChI=1S/C20H25N3O8S/c1-29-9-10-31-19-13-17(23(25)26)16(12-18(19)30-2)20(24)21-8-11-32(27,28)22-14-15-6-4-3-5-7-15/h3-7,12-13,22H,8-11,14H2,1-2H3,(H,21,24). The summed E-state index contributed by atoms with van der Waals surface area (Å²) in [6.07, 6.45) is 0. The third-order valence-corrected chi connectivity index (χ3v) is 5.59. The van der Waals surface area contributed by atoms with Crippen LogP contribution >= 0.6 is 0 Å². The van der Waals surface area contributed by atoms with Crippen LogP contribution < -0.4 is 19.5 Å². The minimum atomic E-state index is -3.67. The van der Waals surface area contributed by atoms with Crippen LogP contribution in [0.3, 0.4) is 0 Å². The number of hydrogen-bond donors (Lipinski definition) is 2. The Balaban J connectivity index is 2.04. The SMILES string of the molecule is COCCOc1cc([N+](=O)[O-])c(C(=O)NCCS(=O)(=O)NCc2ccccc2)cc1OC. The van der Waals surface area contributed by atoms with Crippen LogP contribution in [-0.4, -0.2) is 59.0 Å². The molecule has 11 nitrogen and oxygen atoms in total. The molecule has 0 aliphatic rings. The summed E-state index contributed by atoms with van der Waals surface area (Å²) in [7, 11) is -0.861. The number of nitrogens with one attached hydrogen (secondary N) is 2. The fourth-order valence-corrected chi connectivity index (χ4v) is 3.55. The normalized spacial score (nSPS) is 11.1. The van der Waals surface area contributed by atoms with Crippen LogP contribution in [0, 0.1) is 10.1 Å². The van der Waals surface area contributed by atoms with Gasteiger partial charge in [0.1, 0.15) is 12.2 Å². The maximum atomic E-state index is 12.5. The average Bonchev–Trinajstić information content (AvgIpc) is 2.78. The molecule has 2 aromatic rings. The largest absolute Gasteiger partial charge is 0.493 e. The van der Waals surface area contributed by atoms with E-state index in [9.17, 15) is 23.3 Å². The van der Waals surface area contributed by atoms with Gasteiger partial charge in [0.2, 0.25) is 10.0 Å². The number of methoxy groups -OCH3 is 2. The van der Waals surface area contributed by atoms with Crippen molar-refractivity contribution in [2.45, 2.75) is 6.54 Å². The molecule has 2 aromatic carbocycles. The zero-order valence-corrected chi connectivity index (χ0v) is 18.5. The van der Waals surface area contributed by atoms with Crippen LogP contribution in [0.15, 0.2) is 42.5 Å². The van der Waals surface area contributed by atoms with E-state index in [0.29, 0.717) is 0 Å². The highest BCUT2D eigenvalue weighted by Crippen LogP contribution is 2.34. The molecule has 32 heavy (non-hydrogen) atoms. The van der Waals surface area contributed by atoms with Crippen LogP contribution in [0.5, 0.6) is 11.5 Å². The molecule has 0 aliphatic carbocycles. The second-order valence-electron chi connectivity index (χ2n) is 6.50. The molecule has 0 bridgehead atoms. The van der Waals surface area contributed by atoms with Crippen molar-refractivity contribution >= 4 is 21.6 Å². The summed E-state index contributed by atoms with van der Waals surface area (Å²) < 4.78 is 42.2. The van der Waals surface area contributed by atoms with E-state index >= 15 is 0 Å². The molecule has 12 heteroatoms. The Kier molecular flexibility index (Phi) is 9.38. The second-order valence-corrected chi connectivity index (χ2v) is 8.43. The molecule has 0 saturated heterocycles. The molecule has 0 radical (unpaired) electrons. The van der Waals surface area contributed by atoms with Crippen LogP contribution in [0.25, 0.3) is 0 Å². The number of amides is 1. The van der Waals surface area contributed by atoms with E-state index in [0.717, 1.165) is 11.6 Å². The third-order valence-electron chi connectivity index (χ3n) is 4.26. The number of nitro benzene ring substituents is 1. The first kappa shape index (κ1) is 25.0. The molecule has 2 N–H and O–H groups in total. The minimum Gasteiger partial charge on any atom is -0.493 e. The van der Waals surface area contributed by atoms with Crippen molar-refractivity contribution in [2.24, 2.45) is 0 Å². The number of nitrogens with zero attached hydrogens (tertiary/aromatic N) is 1. The van der Waals surface area contributed by atoms with E-state index in [-0.39, 0.29) is 43.4 Å². The summed E-state index contributed by atoms with van der Waals surface area (Å²) in [6.45, 7) is 0.258. The first-order valence-electron chi connectivity index (χ1n) is 9.55. The second kappa shape index (κ2) is 12.0. The van der Waals surface area contributed by atoms with Gasteiger partial charge in [0.15, 0.2) is 11.5 Å². The highest BCUT2D eigenvalue weighted by molar-refractivity contribution is 7.89. The lowest BCUT2D eigenvalue weighted by molar-refractivity contribution is -0.385. The van der Waals surface area contributed by atoms with Crippen molar-refractivity contribution in [3.8, 4) is 11.5 Å². The Labute approximate surface area is 185 Å². The van der Waals surface area contributed by atoms with E-state index < -0.39 is 32.3 Å². The number of ether oxygens (including phenoxy) is 3. The minimum absolute atomic E-state index is 0.0838. The molecule has 0 spiro atoms. The summed E-state index contributed by atoms with van der Waals surface area (Å²) in [6, 6.07) is 11.2. The van der Waals surface area contributed by atoms with Crippen molar-refractivity contribution in [1.82, 2.24) is 10.0 Å². The topological polar surface area (TPSA) is 146 Å². The maximum Gasteiger partial charge on any atom is 0.286 e. The molecule has 0 heterocycles. The van der Waals surface area contributed by atoms with E-state index in [4.69, 9.17) is 14.2 Å². The Morgan fingerprint density at radius 3 is 2.44 bits per heavy atom. The van der Waals surface area contributed by atoms with Gasteiger partial charge in [0, 0.05) is 26.3 Å². The average molecular weight is 468 g/mol. The number of benzene rings is 2. The Morgan fingerprint density at radius 1 is 1.09 bits per heavy atom. The van der Waals surface area contributed by atoms with Crippen LogP contribution in [0.2, 0.25) is 0 Å². The highest BCUT2D eigenvalue weighted by Gasteiger charge is 2.25. The van der Waals surface area contributed by atoms with Gasteiger partial charge in [0.05, 0.1) is 30.5 Å². The van der Waals surface area contributed by atoms with Crippen molar-refractivity contribution < 1.29 is 32.3 Å². The molecular formula is C20H25N3O8S. The lowest BCUT2D eigenvalue weighted by Gasteiger charge is -2.13. The fraction of sp³-hybridized carbons (Fsp3) is 0.350. The van der Waals surface area contributed by atoms with Gasteiger partial charge in [-0.2, -0.15) is 0 Å². The van der Waals surface area contributed by atoms with E-state index in [2.05, 4.69) is 10.0 Å². The molecule has 0 fully saturated rings. The van der Waals surface area contributed by atoms with Gasteiger partial charge >= 0.3 is 0 Å². The Morgan fingerprint density at radius 2 is 1.81 bits per heavy atom. The molecule has 0 atom stereocenters. The van der Waals surface area contributed by atoms with Crippen molar-refractivity contribution in [1.29, 1.82) is 0 Å². The molecule has 174 valence electrons. The highest BCUT2D eigenvalue weighted by atomic mass is 32.2. The van der Waals surface area contributed by atoms with Gasteiger partial charge in [-0.1, -0.05) is 30.3 Å². The summed E-state index contributed by atoms with van der Waals surface area (Å²) in [4.78, 5) is 23.3. The van der Waals surface area contributed by atoms with Crippen molar-refractivity contribution in [2.75, 3.05) is 39.7 Å². The Bertz CT molecular complexity index is 1030. The molecule has 1 amide bonds. The molecule has 0 unspecified atom stereocenters. The van der Waals surface area contributed by atoms with Crippen molar-refractivity contribution in [3.63, 3.8) is 0 Å².